The van der Waals surface area contributed by atoms with Crippen LogP contribution in [0.5, 0.6) is 0 Å². The highest BCUT2D eigenvalue weighted by Crippen LogP contribution is 2.15. The summed E-state index contributed by atoms with van der Waals surface area (Å²) in [5.74, 6) is 0. The summed E-state index contributed by atoms with van der Waals surface area (Å²) >= 11 is 0. The molecule has 1 N–H and O–H groups in total. The van der Waals surface area contributed by atoms with Crippen molar-refractivity contribution in [3.8, 4) is 0 Å². The van der Waals surface area contributed by atoms with Crippen LogP contribution in [0.1, 0.15) is 148 Å². The van der Waals surface area contributed by atoms with Crippen LogP contribution in [-0.2, 0) is 0 Å². The Morgan fingerprint density at radius 2 is 0.577 bits per heavy atom. The monoisotopic (exact) mass is 367 g/mol. The Hall–Kier alpha value is -0.0400. The van der Waals surface area contributed by atoms with Crippen molar-refractivity contribution >= 4 is 0 Å². The normalized spacial score (nSPS) is 11.3. The second-order valence-corrected chi connectivity index (χ2v) is 8.53. The first-order valence-corrected chi connectivity index (χ1v) is 12.6. The molecule has 0 heterocycles. The molecule has 0 amide bonds. The van der Waals surface area contributed by atoms with Crippen LogP contribution in [0.4, 0.5) is 0 Å². The summed E-state index contributed by atoms with van der Waals surface area (Å²) in [6.45, 7) is 3.49. The number of rotatable bonds is 23. The van der Waals surface area contributed by atoms with Gasteiger partial charge < -0.3 is 5.32 Å². The SMILES string of the molecule is CCCCCCCCCCCCCCCCCCCCCCCCNC. The molecule has 0 atom stereocenters. The van der Waals surface area contributed by atoms with E-state index in [9.17, 15) is 0 Å². The van der Waals surface area contributed by atoms with E-state index in [1.807, 2.05) is 0 Å². The first-order chi connectivity index (χ1) is 12.9. The molecule has 0 spiro atoms. The minimum absolute atomic E-state index is 1.19. The third-order valence-corrected chi connectivity index (χ3v) is 5.78. The van der Waals surface area contributed by atoms with Crippen molar-refractivity contribution < 1.29 is 0 Å². The molecule has 0 aromatic heterocycles. The summed E-state index contributed by atoms with van der Waals surface area (Å²) in [6.07, 6.45) is 32.2. The van der Waals surface area contributed by atoms with Gasteiger partial charge in [0.1, 0.15) is 0 Å². The first kappa shape index (κ1) is 26.0. The topological polar surface area (TPSA) is 12.0 Å². The van der Waals surface area contributed by atoms with Crippen LogP contribution in [0.15, 0.2) is 0 Å². The summed E-state index contributed by atoms with van der Waals surface area (Å²) in [7, 11) is 2.05. The molecule has 0 saturated heterocycles. The number of hydrogen-bond donors (Lipinski definition) is 1. The molecule has 0 rings (SSSR count). The second-order valence-electron chi connectivity index (χ2n) is 8.53. The van der Waals surface area contributed by atoms with Crippen molar-refractivity contribution in [1.29, 1.82) is 0 Å². The van der Waals surface area contributed by atoms with Gasteiger partial charge in [-0.25, -0.2) is 0 Å². The van der Waals surface area contributed by atoms with E-state index in [2.05, 4.69) is 19.3 Å². The zero-order valence-electron chi connectivity index (χ0n) is 18.8. The number of unbranched alkanes of at least 4 members (excludes halogenated alkanes) is 21. The number of nitrogens with one attached hydrogen (secondary N) is 1. The van der Waals surface area contributed by atoms with E-state index < -0.39 is 0 Å². The molecular weight excluding hydrogens is 314 g/mol. The van der Waals surface area contributed by atoms with Crippen molar-refractivity contribution in [2.75, 3.05) is 13.6 Å². The van der Waals surface area contributed by atoms with Crippen LogP contribution in [0.25, 0.3) is 0 Å². The van der Waals surface area contributed by atoms with Gasteiger partial charge in [0, 0.05) is 0 Å². The van der Waals surface area contributed by atoms with Crippen LogP contribution in [0.2, 0.25) is 0 Å². The highest BCUT2D eigenvalue weighted by Gasteiger charge is 1.95. The third kappa shape index (κ3) is 24.0. The standard InChI is InChI=1S/C25H53N/c1-3-4-5-6-7-8-9-10-11-12-13-14-15-16-17-18-19-20-21-22-23-24-25-26-2/h26H,3-25H2,1-2H3. The zero-order chi connectivity index (χ0) is 19.0. The van der Waals surface area contributed by atoms with Crippen molar-refractivity contribution in [2.45, 2.75) is 148 Å². The maximum atomic E-state index is 3.23. The first-order valence-electron chi connectivity index (χ1n) is 12.6. The molecule has 0 saturated carbocycles. The molecular formula is C25H53N. The quantitative estimate of drug-likeness (QED) is 0.178. The predicted molar refractivity (Wildman–Crippen MR) is 121 cm³/mol. The lowest BCUT2D eigenvalue weighted by Crippen LogP contribution is -2.06. The molecule has 0 aliphatic heterocycles. The lowest BCUT2D eigenvalue weighted by Gasteiger charge is -2.04. The van der Waals surface area contributed by atoms with Gasteiger partial charge in [-0.15, -0.1) is 0 Å². The van der Waals surface area contributed by atoms with Crippen molar-refractivity contribution in [2.24, 2.45) is 0 Å². The second kappa shape index (κ2) is 25.0. The summed E-state index contributed by atoms with van der Waals surface area (Å²) < 4.78 is 0. The lowest BCUT2D eigenvalue weighted by molar-refractivity contribution is 0.518. The molecule has 1 heteroatoms. The van der Waals surface area contributed by atoms with Gasteiger partial charge in [0.25, 0.3) is 0 Å². The van der Waals surface area contributed by atoms with Gasteiger partial charge in [0.15, 0.2) is 0 Å². The van der Waals surface area contributed by atoms with E-state index in [1.54, 1.807) is 0 Å². The molecule has 0 radical (unpaired) electrons. The third-order valence-electron chi connectivity index (χ3n) is 5.78. The molecule has 26 heavy (non-hydrogen) atoms. The Morgan fingerprint density at radius 3 is 0.808 bits per heavy atom. The fourth-order valence-electron chi connectivity index (χ4n) is 3.91. The Balaban J connectivity index is 2.95. The van der Waals surface area contributed by atoms with Crippen LogP contribution in [0.3, 0.4) is 0 Å². The molecule has 0 aromatic rings. The van der Waals surface area contributed by atoms with Gasteiger partial charge in [-0.1, -0.05) is 142 Å². The summed E-state index contributed by atoms with van der Waals surface area (Å²) in [5.41, 5.74) is 0. The summed E-state index contributed by atoms with van der Waals surface area (Å²) in [5, 5.41) is 3.23. The van der Waals surface area contributed by atoms with Crippen LogP contribution >= 0.6 is 0 Å². The Kier molecular flexibility index (Phi) is 24.9. The van der Waals surface area contributed by atoms with Gasteiger partial charge in [-0.05, 0) is 20.0 Å². The van der Waals surface area contributed by atoms with Crippen LogP contribution in [0, 0.1) is 0 Å². The fraction of sp³-hybridized carbons (Fsp3) is 1.00. The molecule has 0 unspecified atom stereocenters. The number of hydrogen-bond acceptors (Lipinski definition) is 1. The molecule has 0 aliphatic rings. The highest BCUT2D eigenvalue weighted by atomic mass is 14.8. The molecule has 0 aromatic carbocycles. The van der Waals surface area contributed by atoms with E-state index in [-0.39, 0.29) is 0 Å². The van der Waals surface area contributed by atoms with Crippen molar-refractivity contribution in [1.82, 2.24) is 5.32 Å². The zero-order valence-corrected chi connectivity index (χ0v) is 18.8. The van der Waals surface area contributed by atoms with Gasteiger partial charge in [0.2, 0.25) is 0 Å². The predicted octanol–water partition coefficient (Wildman–Crippen LogP) is 8.81. The van der Waals surface area contributed by atoms with Crippen molar-refractivity contribution in [3.63, 3.8) is 0 Å². The summed E-state index contributed by atoms with van der Waals surface area (Å²) in [4.78, 5) is 0. The highest BCUT2D eigenvalue weighted by molar-refractivity contribution is 4.51. The molecule has 1 nitrogen and oxygen atoms in total. The maximum absolute atomic E-state index is 3.23. The minimum atomic E-state index is 1.19. The van der Waals surface area contributed by atoms with Crippen LogP contribution < -0.4 is 5.32 Å². The van der Waals surface area contributed by atoms with Gasteiger partial charge in [-0.3, -0.25) is 0 Å². The van der Waals surface area contributed by atoms with Gasteiger partial charge in [-0.2, -0.15) is 0 Å². The Bertz CT molecular complexity index is 202. The Labute approximate surface area is 167 Å². The van der Waals surface area contributed by atoms with E-state index >= 15 is 0 Å². The average Bonchev–Trinajstić information content (AvgIpc) is 2.66. The van der Waals surface area contributed by atoms with E-state index in [1.165, 1.54) is 148 Å². The lowest BCUT2D eigenvalue weighted by atomic mass is 10.0. The Morgan fingerprint density at radius 1 is 0.346 bits per heavy atom. The smallest absolute Gasteiger partial charge is 0.00519 e. The average molecular weight is 368 g/mol. The van der Waals surface area contributed by atoms with Crippen molar-refractivity contribution in [3.05, 3.63) is 0 Å². The van der Waals surface area contributed by atoms with Crippen LogP contribution in [-0.4, -0.2) is 13.6 Å². The van der Waals surface area contributed by atoms with Gasteiger partial charge >= 0.3 is 0 Å². The van der Waals surface area contributed by atoms with E-state index in [0.717, 1.165) is 0 Å². The van der Waals surface area contributed by atoms with E-state index in [0.29, 0.717) is 0 Å². The molecule has 0 aliphatic carbocycles. The van der Waals surface area contributed by atoms with E-state index in [4.69, 9.17) is 0 Å². The van der Waals surface area contributed by atoms with Gasteiger partial charge in [0.05, 0.1) is 0 Å². The molecule has 0 fully saturated rings. The molecule has 0 bridgehead atoms. The summed E-state index contributed by atoms with van der Waals surface area (Å²) in [6, 6.07) is 0. The largest absolute Gasteiger partial charge is 0.320 e. The fourth-order valence-corrected chi connectivity index (χ4v) is 3.91. The minimum Gasteiger partial charge on any atom is -0.320 e. The molecule has 158 valence electrons. The maximum Gasteiger partial charge on any atom is -0.00519 e.